The van der Waals surface area contributed by atoms with Crippen molar-refractivity contribution in [2.45, 2.75) is 19.5 Å². The number of rotatable bonds is 5. The SMILES string of the molecule is COc1ccc(-c2csc(CN3CCc4nc(-c5ccc(Cl)cc5)[nH]c(=O)c4C3)n2)cc1. The molecule has 0 unspecified atom stereocenters. The number of methoxy groups -OCH3 is 1. The zero-order valence-corrected chi connectivity index (χ0v) is 19.0. The zero-order chi connectivity index (χ0) is 22.1. The number of fused-ring (bicyclic) bond motifs is 1. The molecule has 8 heteroatoms. The van der Waals surface area contributed by atoms with Gasteiger partial charge >= 0.3 is 0 Å². The van der Waals surface area contributed by atoms with Gasteiger partial charge in [-0.05, 0) is 48.5 Å². The first-order valence-corrected chi connectivity index (χ1v) is 11.5. The Labute approximate surface area is 194 Å². The summed E-state index contributed by atoms with van der Waals surface area (Å²) in [5, 5.41) is 3.75. The molecule has 0 saturated carbocycles. The van der Waals surface area contributed by atoms with E-state index in [4.69, 9.17) is 26.3 Å². The number of hydrogen-bond acceptors (Lipinski definition) is 6. The van der Waals surface area contributed by atoms with Gasteiger partial charge in [0.25, 0.3) is 5.56 Å². The van der Waals surface area contributed by atoms with E-state index in [1.165, 1.54) is 0 Å². The summed E-state index contributed by atoms with van der Waals surface area (Å²) < 4.78 is 5.22. The first-order valence-electron chi connectivity index (χ1n) is 10.3. The van der Waals surface area contributed by atoms with Crippen LogP contribution in [0.25, 0.3) is 22.6 Å². The van der Waals surface area contributed by atoms with Gasteiger partial charge in [-0.15, -0.1) is 11.3 Å². The highest BCUT2D eigenvalue weighted by Crippen LogP contribution is 2.26. The first kappa shape index (κ1) is 20.9. The molecule has 0 bridgehead atoms. The van der Waals surface area contributed by atoms with Gasteiger partial charge in [0.1, 0.15) is 16.6 Å². The van der Waals surface area contributed by atoms with E-state index in [9.17, 15) is 4.79 Å². The van der Waals surface area contributed by atoms with Gasteiger partial charge in [0, 0.05) is 41.0 Å². The van der Waals surface area contributed by atoms with Gasteiger partial charge in [-0.25, -0.2) is 9.97 Å². The molecule has 2 aromatic heterocycles. The number of halogens is 1. The Kier molecular flexibility index (Phi) is 5.78. The predicted molar refractivity (Wildman–Crippen MR) is 127 cm³/mol. The maximum atomic E-state index is 12.8. The monoisotopic (exact) mass is 464 g/mol. The molecule has 0 amide bonds. The van der Waals surface area contributed by atoms with Crippen LogP contribution >= 0.6 is 22.9 Å². The Bertz CT molecular complexity index is 1300. The Hall–Kier alpha value is -3.00. The van der Waals surface area contributed by atoms with Crippen molar-refractivity contribution in [2.75, 3.05) is 13.7 Å². The highest BCUT2D eigenvalue weighted by atomic mass is 35.5. The number of ether oxygens (including phenoxy) is 1. The predicted octanol–water partition coefficient (Wildman–Crippen LogP) is 4.78. The normalized spacial score (nSPS) is 13.7. The topological polar surface area (TPSA) is 71.1 Å². The minimum atomic E-state index is -0.0808. The van der Waals surface area contributed by atoms with E-state index in [1.807, 2.05) is 36.4 Å². The van der Waals surface area contributed by atoms with Gasteiger partial charge in [0.05, 0.1) is 30.6 Å². The third kappa shape index (κ3) is 4.32. The standard InChI is InChI=1S/C24H21ClN4O2S/c1-31-18-8-4-15(5-9-18)21-14-32-22(26-21)13-29-11-10-20-19(12-29)24(30)28-23(27-20)16-2-6-17(25)7-3-16/h2-9,14H,10-13H2,1H3,(H,27,28,30). The first-order chi connectivity index (χ1) is 15.6. The van der Waals surface area contributed by atoms with E-state index >= 15 is 0 Å². The highest BCUT2D eigenvalue weighted by molar-refractivity contribution is 7.09. The summed E-state index contributed by atoms with van der Waals surface area (Å²) in [6, 6.07) is 15.2. The minimum absolute atomic E-state index is 0.0808. The van der Waals surface area contributed by atoms with Crippen LogP contribution in [0.4, 0.5) is 0 Å². The van der Waals surface area contributed by atoms with Crippen LogP contribution in [-0.2, 0) is 19.5 Å². The maximum Gasteiger partial charge on any atom is 0.255 e. The molecule has 1 aliphatic heterocycles. The maximum absolute atomic E-state index is 12.8. The van der Waals surface area contributed by atoms with Gasteiger partial charge < -0.3 is 9.72 Å². The summed E-state index contributed by atoms with van der Waals surface area (Å²) in [4.78, 5) is 27.5. The van der Waals surface area contributed by atoms with Crippen molar-refractivity contribution < 1.29 is 4.74 Å². The van der Waals surface area contributed by atoms with E-state index in [1.54, 1.807) is 30.6 Å². The summed E-state index contributed by atoms with van der Waals surface area (Å²) in [5.41, 5.74) is 4.40. The van der Waals surface area contributed by atoms with Crippen LogP contribution in [0.1, 0.15) is 16.3 Å². The number of hydrogen-bond donors (Lipinski definition) is 1. The van der Waals surface area contributed by atoms with Crippen LogP contribution in [0.15, 0.2) is 58.7 Å². The molecule has 0 aliphatic carbocycles. The summed E-state index contributed by atoms with van der Waals surface area (Å²) in [6.07, 6.45) is 0.733. The largest absolute Gasteiger partial charge is 0.497 e. The second-order valence-corrected chi connectivity index (χ2v) is 9.04. The second kappa shape index (κ2) is 8.86. The number of nitrogens with zero attached hydrogens (tertiary/aromatic N) is 3. The molecule has 0 radical (unpaired) electrons. The van der Waals surface area contributed by atoms with Gasteiger partial charge in [0.2, 0.25) is 0 Å². The zero-order valence-electron chi connectivity index (χ0n) is 17.5. The van der Waals surface area contributed by atoms with Crippen molar-refractivity contribution in [1.82, 2.24) is 19.9 Å². The lowest BCUT2D eigenvalue weighted by molar-refractivity contribution is 0.241. The highest BCUT2D eigenvalue weighted by Gasteiger charge is 2.22. The number of benzene rings is 2. The van der Waals surface area contributed by atoms with Crippen molar-refractivity contribution in [3.8, 4) is 28.4 Å². The lowest BCUT2D eigenvalue weighted by Crippen LogP contribution is -2.35. The van der Waals surface area contributed by atoms with Crippen molar-refractivity contribution >= 4 is 22.9 Å². The smallest absolute Gasteiger partial charge is 0.255 e. The minimum Gasteiger partial charge on any atom is -0.497 e. The third-order valence-electron chi connectivity index (χ3n) is 5.56. The van der Waals surface area contributed by atoms with Gasteiger partial charge in [-0.2, -0.15) is 0 Å². The lowest BCUT2D eigenvalue weighted by Gasteiger charge is -2.26. The van der Waals surface area contributed by atoms with E-state index in [-0.39, 0.29) is 5.56 Å². The molecule has 0 atom stereocenters. The molecule has 0 spiro atoms. The van der Waals surface area contributed by atoms with E-state index in [0.29, 0.717) is 23.9 Å². The van der Waals surface area contributed by atoms with Crippen LogP contribution in [0.2, 0.25) is 5.02 Å². The van der Waals surface area contributed by atoms with E-state index < -0.39 is 0 Å². The number of thiazole rings is 1. The quantitative estimate of drug-likeness (QED) is 0.460. The molecule has 6 nitrogen and oxygen atoms in total. The van der Waals surface area contributed by atoms with Crippen LogP contribution in [-0.4, -0.2) is 33.5 Å². The van der Waals surface area contributed by atoms with Gasteiger partial charge in [0.15, 0.2) is 0 Å². The van der Waals surface area contributed by atoms with Crippen LogP contribution in [0.5, 0.6) is 5.75 Å². The molecule has 1 aliphatic rings. The summed E-state index contributed by atoms with van der Waals surface area (Å²) >= 11 is 7.61. The Morgan fingerprint density at radius 1 is 1.09 bits per heavy atom. The van der Waals surface area contributed by atoms with Crippen molar-refractivity contribution in [3.63, 3.8) is 0 Å². The molecule has 1 N–H and O–H groups in total. The van der Waals surface area contributed by atoms with Crippen LogP contribution in [0, 0.1) is 0 Å². The fourth-order valence-corrected chi connectivity index (χ4v) is 4.80. The van der Waals surface area contributed by atoms with Gasteiger partial charge in [-0.3, -0.25) is 9.69 Å². The van der Waals surface area contributed by atoms with Crippen LogP contribution in [0.3, 0.4) is 0 Å². The Morgan fingerprint density at radius 2 is 1.84 bits per heavy atom. The number of aromatic nitrogens is 3. The average Bonchev–Trinajstić information content (AvgIpc) is 3.28. The summed E-state index contributed by atoms with van der Waals surface area (Å²) in [5.74, 6) is 1.41. The van der Waals surface area contributed by atoms with Crippen LogP contribution < -0.4 is 10.3 Å². The van der Waals surface area contributed by atoms with Crippen molar-refractivity contribution in [1.29, 1.82) is 0 Å². The van der Waals surface area contributed by atoms with Crippen molar-refractivity contribution in [3.05, 3.63) is 85.6 Å². The number of nitrogens with one attached hydrogen (secondary N) is 1. The lowest BCUT2D eigenvalue weighted by atomic mass is 10.1. The van der Waals surface area contributed by atoms with E-state index in [0.717, 1.165) is 51.8 Å². The van der Waals surface area contributed by atoms with Crippen molar-refractivity contribution in [2.24, 2.45) is 0 Å². The Morgan fingerprint density at radius 3 is 2.59 bits per heavy atom. The molecular weight excluding hydrogens is 444 g/mol. The molecule has 0 fully saturated rings. The van der Waals surface area contributed by atoms with Gasteiger partial charge in [-0.1, -0.05) is 11.6 Å². The fraction of sp³-hybridized carbons (Fsp3) is 0.208. The molecular formula is C24H21ClN4O2S. The number of aromatic amines is 1. The third-order valence-corrected chi connectivity index (χ3v) is 6.65. The molecule has 32 heavy (non-hydrogen) atoms. The summed E-state index contributed by atoms with van der Waals surface area (Å²) in [7, 11) is 1.66. The van der Waals surface area contributed by atoms with E-state index in [2.05, 4.69) is 15.3 Å². The Balaban J connectivity index is 1.31. The molecule has 5 rings (SSSR count). The average molecular weight is 465 g/mol. The molecule has 2 aromatic carbocycles. The molecule has 3 heterocycles. The fourth-order valence-electron chi connectivity index (χ4n) is 3.83. The second-order valence-electron chi connectivity index (χ2n) is 7.66. The summed E-state index contributed by atoms with van der Waals surface area (Å²) in [6.45, 7) is 2.11. The molecule has 162 valence electrons. The number of H-pyrrole nitrogens is 1. The molecule has 4 aromatic rings. The molecule has 0 saturated heterocycles.